The number of nitro groups is 2. The molecule has 14 nitrogen and oxygen atoms in total. The summed E-state index contributed by atoms with van der Waals surface area (Å²) in [5.41, 5.74) is 1.40. The van der Waals surface area contributed by atoms with Gasteiger partial charge in [-0.2, -0.15) is 0 Å². The summed E-state index contributed by atoms with van der Waals surface area (Å²) in [7, 11) is 1.41. The smallest absolute Gasteiger partial charge is 0.269 e. The van der Waals surface area contributed by atoms with Crippen LogP contribution in [0, 0.1) is 55.7 Å². The molecule has 248 valence electrons. The lowest BCUT2D eigenvalue weighted by atomic mass is 9.58. The highest BCUT2D eigenvalue weighted by Crippen LogP contribution is 2.56. The number of amides is 4. The second kappa shape index (κ2) is 11.8. The topological polar surface area (TPSA) is 190 Å². The number of carbonyl (C=O) groups is 4. The van der Waals surface area contributed by atoms with E-state index in [1.807, 2.05) is 6.08 Å². The first-order valence-corrected chi connectivity index (χ1v) is 15.5. The largest absolute Gasteiger partial charge is 0.504 e. The third-order valence-corrected chi connectivity index (χ3v) is 10.0. The van der Waals surface area contributed by atoms with Crippen molar-refractivity contribution in [2.45, 2.75) is 12.8 Å². The standard InChI is InChI=1S/C35H28N4O10/c1-49-29-16-18(3-15-28(29)40)2-12-24-23-13-14-25-31(35(44)36(32(25)41)19-4-8-21(9-5-19)38(45)46)26(23)17-27-30(24)34(43)37(33(27)42)20-6-10-22(11-7-20)39(47)48/h2-13,15-16,24-27,30-31,40H,14,17H2,1H3. The number of fused-ring (bicyclic) bond motifs is 4. The maximum Gasteiger partial charge on any atom is 0.269 e. The van der Waals surface area contributed by atoms with Crippen molar-refractivity contribution < 1.29 is 38.9 Å². The number of carbonyl (C=O) groups excluding carboxylic acids is 4. The van der Waals surface area contributed by atoms with Gasteiger partial charge >= 0.3 is 0 Å². The minimum absolute atomic E-state index is 0.0595. The van der Waals surface area contributed by atoms with Crippen molar-refractivity contribution in [3.63, 3.8) is 0 Å². The Morgan fingerprint density at radius 3 is 1.86 bits per heavy atom. The van der Waals surface area contributed by atoms with E-state index < -0.39 is 69.0 Å². The fourth-order valence-electron chi connectivity index (χ4n) is 7.82. The Labute approximate surface area is 278 Å². The van der Waals surface area contributed by atoms with E-state index in [9.17, 15) is 44.5 Å². The van der Waals surface area contributed by atoms with Gasteiger partial charge in [-0.15, -0.1) is 0 Å². The van der Waals surface area contributed by atoms with E-state index in [2.05, 4.69) is 0 Å². The number of anilines is 2. The molecule has 0 bridgehead atoms. The molecule has 1 N–H and O–H groups in total. The average Bonchev–Trinajstić information content (AvgIpc) is 3.50. The highest BCUT2D eigenvalue weighted by molar-refractivity contribution is 6.24. The first kappa shape index (κ1) is 31.4. The SMILES string of the molecule is COc1cc(C=CC2C3=CCC4C(=O)N(c5ccc([N+](=O)[O-])cc5)C(=O)C4C3CC3C(=O)N(c4ccc([N+](=O)[O-])cc4)C(=O)C23)ccc1O. The van der Waals surface area contributed by atoms with E-state index in [0.717, 1.165) is 15.4 Å². The number of phenols is 1. The second-order valence-corrected chi connectivity index (χ2v) is 12.4. The monoisotopic (exact) mass is 664 g/mol. The number of nitrogens with zero attached hydrogens (tertiary/aromatic N) is 4. The lowest BCUT2D eigenvalue weighted by Crippen LogP contribution is -2.43. The maximum atomic E-state index is 14.1. The van der Waals surface area contributed by atoms with Crippen LogP contribution < -0.4 is 14.5 Å². The third kappa shape index (κ3) is 5.03. The maximum absolute atomic E-state index is 14.1. The van der Waals surface area contributed by atoms with E-state index >= 15 is 0 Å². The lowest BCUT2D eigenvalue weighted by Gasteiger charge is -2.42. The quantitative estimate of drug-likeness (QED) is 0.159. The summed E-state index contributed by atoms with van der Waals surface area (Å²) >= 11 is 0. The van der Waals surface area contributed by atoms with Crippen molar-refractivity contribution in [3.8, 4) is 11.5 Å². The van der Waals surface area contributed by atoms with Gasteiger partial charge < -0.3 is 9.84 Å². The molecule has 4 amide bonds. The highest BCUT2D eigenvalue weighted by Gasteiger charge is 2.61. The Morgan fingerprint density at radius 2 is 1.31 bits per heavy atom. The van der Waals surface area contributed by atoms with Crippen molar-refractivity contribution in [2.24, 2.45) is 35.5 Å². The van der Waals surface area contributed by atoms with Gasteiger partial charge in [-0.05, 0) is 60.7 Å². The van der Waals surface area contributed by atoms with E-state index in [1.165, 1.54) is 61.7 Å². The number of nitro benzene ring substituents is 2. The van der Waals surface area contributed by atoms with Crippen molar-refractivity contribution >= 4 is 52.5 Å². The Balaban J connectivity index is 1.28. The van der Waals surface area contributed by atoms with Crippen LogP contribution >= 0.6 is 0 Å². The van der Waals surface area contributed by atoms with Crippen LogP contribution in [-0.2, 0) is 19.2 Å². The summed E-state index contributed by atoms with van der Waals surface area (Å²) in [6, 6.07) is 15.0. The number of hydrogen-bond acceptors (Lipinski definition) is 10. The predicted octanol–water partition coefficient (Wildman–Crippen LogP) is 4.81. The number of non-ortho nitro benzene ring substituents is 2. The number of imide groups is 2. The molecular weight excluding hydrogens is 636 g/mol. The van der Waals surface area contributed by atoms with E-state index in [4.69, 9.17) is 4.74 Å². The summed E-state index contributed by atoms with van der Waals surface area (Å²) in [6.45, 7) is 0. The van der Waals surface area contributed by atoms with Crippen molar-refractivity contribution in [1.29, 1.82) is 0 Å². The van der Waals surface area contributed by atoms with Crippen LogP contribution in [0.15, 0.2) is 84.5 Å². The van der Waals surface area contributed by atoms with Gasteiger partial charge in [0.2, 0.25) is 23.6 Å². The van der Waals surface area contributed by atoms with Gasteiger partial charge in [0.15, 0.2) is 11.5 Å². The first-order valence-electron chi connectivity index (χ1n) is 15.5. The van der Waals surface area contributed by atoms with Crippen molar-refractivity contribution in [2.75, 3.05) is 16.9 Å². The third-order valence-electron chi connectivity index (χ3n) is 10.0. The van der Waals surface area contributed by atoms with E-state index in [0.29, 0.717) is 5.56 Å². The van der Waals surface area contributed by atoms with Crippen LogP contribution in [0.3, 0.4) is 0 Å². The summed E-state index contributed by atoms with van der Waals surface area (Å²) in [5, 5.41) is 32.5. The van der Waals surface area contributed by atoms with Gasteiger partial charge in [0.25, 0.3) is 11.4 Å². The molecule has 0 radical (unpaired) electrons. The van der Waals surface area contributed by atoms with Crippen LogP contribution in [-0.4, -0.2) is 45.7 Å². The highest BCUT2D eigenvalue weighted by atomic mass is 16.6. The van der Waals surface area contributed by atoms with Crippen LogP contribution in [0.1, 0.15) is 18.4 Å². The van der Waals surface area contributed by atoms with Crippen LogP contribution in [0.5, 0.6) is 11.5 Å². The zero-order valence-electron chi connectivity index (χ0n) is 25.9. The Kier molecular flexibility index (Phi) is 7.57. The number of allylic oxidation sites excluding steroid dienone is 3. The summed E-state index contributed by atoms with van der Waals surface area (Å²) in [5.74, 6) is -6.21. The Bertz CT molecular complexity index is 2010. The molecule has 6 atom stereocenters. The van der Waals surface area contributed by atoms with Gasteiger partial charge in [0.05, 0.1) is 52.0 Å². The van der Waals surface area contributed by atoms with Crippen LogP contribution in [0.25, 0.3) is 6.08 Å². The molecule has 2 saturated heterocycles. The van der Waals surface area contributed by atoms with Crippen molar-refractivity contribution in [3.05, 3.63) is 110 Å². The molecule has 0 spiro atoms. The lowest BCUT2D eigenvalue weighted by molar-refractivity contribution is -0.385. The minimum Gasteiger partial charge on any atom is -0.504 e. The number of phenolic OH excluding ortho intramolecular Hbond substituents is 1. The molecule has 3 fully saturated rings. The van der Waals surface area contributed by atoms with Gasteiger partial charge in [0, 0.05) is 30.2 Å². The fourth-order valence-corrected chi connectivity index (χ4v) is 7.82. The molecule has 3 aromatic carbocycles. The predicted molar refractivity (Wildman–Crippen MR) is 173 cm³/mol. The number of methoxy groups -OCH3 is 1. The number of benzene rings is 3. The fraction of sp³-hybridized carbons (Fsp3) is 0.257. The molecule has 6 unspecified atom stereocenters. The molecule has 2 heterocycles. The zero-order chi connectivity index (χ0) is 34.7. The Morgan fingerprint density at radius 1 is 0.755 bits per heavy atom. The van der Waals surface area contributed by atoms with E-state index in [1.54, 1.807) is 24.3 Å². The number of ether oxygens (including phenoxy) is 1. The Hall–Kier alpha value is -6.18. The minimum atomic E-state index is -0.857. The van der Waals surface area contributed by atoms with Crippen LogP contribution in [0.4, 0.5) is 22.7 Å². The van der Waals surface area contributed by atoms with Gasteiger partial charge in [-0.1, -0.05) is 29.9 Å². The molecule has 4 aliphatic rings. The second-order valence-electron chi connectivity index (χ2n) is 12.4. The van der Waals surface area contributed by atoms with Crippen molar-refractivity contribution in [1.82, 2.24) is 0 Å². The number of hydrogen-bond donors (Lipinski definition) is 1. The summed E-state index contributed by atoms with van der Waals surface area (Å²) < 4.78 is 5.23. The van der Waals surface area contributed by atoms with Gasteiger partial charge in [-0.25, -0.2) is 0 Å². The molecule has 0 aromatic heterocycles. The van der Waals surface area contributed by atoms with E-state index in [-0.39, 0.29) is 47.1 Å². The number of rotatable bonds is 7. The zero-order valence-corrected chi connectivity index (χ0v) is 25.9. The first-order chi connectivity index (χ1) is 23.5. The molecular formula is C35H28N4O10. The molecule has 7 rings (SSSR count). The number of aromatic hydroxyl groups is 1. The van der Waals surface area contributed by atoms with Gasteiger partial charge in [-0.3, -0.25) is 49.2 Å². The van der Waals surface area contributed by atoms with Crippen LogP contribution in [0.2, 0.25) is 0 Å². The molecule has 1 saturated carbocycles. The van der Waals surface area contributed by atoms with Gasteiger partial charge in [0.1, 0.15) is 0 Å². The molecule has 14 heteroatoms. The summed E-state index contributed by atoms with van der Waals surface area (Å²) in [4.78, 5) is 79.4. The normalized spacial score (nSPS) is 26.0. The molecule has 2 aliphatic heterocycles. The average molecular weight is 665 g/mol. The summed E-state index contributed by atoms with van der Waals surface area (Å²) in [6.07, 6.45) is 5.76. The molecule has 3 aromatic rings. The molecule has 2 aliphatic carbocycles. The molecule has 49 heavy (non-hydrogen) atoms.